The summed E-state index contributed by atoms with van der Waals surface area (Å²) >= 11 is 0. The fraction of sp³-hybridized carbons (Fsp3) is 0. The molecule has 0 spiro atoms. The third kappa shape index (κ3) is 2.06. The first kappa shape index (κ1) is 13.8. The molecule has 22 heavy (non-hydrogen) atoms. The van der Waals surface area contributed by atoms with Crippen LogP contribution in [0, 0.1) is 0 Å². The van der Waals surface area contributed by atoms with E-state index in [0.29, 0.717) is 0 Å². The molecule has 1 aromatic carbocycles. The molecule has 0 unspecified atom stereocenters. The lowest BCUT2D eigenvalue weighted by molar-refractivity contribution is 0.745. The summed E-state index contributed by atoms with van der Waals surface area (Å²) in [5, 5.41) is 13.7. The molecule has 0 bridgehead atoms. The molecule has 0 saturated heterocycles. The molecule has 10 heteroatoms. The first-order valence-corrected chi connectivity index (χ1v) is 9.77. The van der Waals surface area contributed by atoms with Gasteiger partial charge >= 0.3 is 6.55 Å². The molecule has 0 aliphatic carbocycles. The third-order valence-electron chi connectivity index (χ3n) is 3.66. The highest BCUT2D eigenvalue weighted by Gasteiger charge is 2.36. The van der Waals surface area contributed by atoms with Crippen LogP contribution in [0.2, 0.25) is 0 Å². The minimum absolute atomic E-state index is 1.07. The predicted octanol–water partition coefficient (Wildman–Crippen LogP) is 2.81. The van der Waals surface area contributed by atoms with Crippen LogP contribution in [0.3, 0.4) is 0 Å². The zero-order chi connectivity index (χ0) is 14.8. The molecule has 0 fully saturated rings. The highest BCUT2D eigenvalue weighted by atomic mass is 31.0. The number of nitrogens with zero attached hydrogens (tertiary/aromatic N) is 6. The van der Waals surface area contributed by atoms with Crippen molar-refractivity contribution in [2.45, 2.75) is 0 Å². The van der Waals surface area contributed by atoms with Crippen molar-refractivity contribution in [3.8, 4) is 0 Å². The van der Waals surface area contributed by atoms with E-state index in [1.165, 1.54) is 0 Å². The van der Waals surface area contributed by atoms with Crippen LogP contribution in [-0.2, 0) is 0 Å². The summed E-state index contributed by atoms with van der Waals surface area (Å²) in [7, 11) is 3.20. The van der Waals surface area contributed by atoms with Crippen LogP contribution in [0.1, 0.15) is 0 Å². The van der Waals surface area contributed by atoms with Crippen LogP contribution in [0.25, 0.3) is 0 Å². The third-order valence-corrected chi connectivity index (χ3v) is 5.48. The lowest BCUT2D eigenvalue weighted by Crippen LogP contribution is -2.67. The fourth-order valence-electron chi connectivity index (χ4n) is 2.74. The largest absolute Gasteiger partial charge is 0.392 e. The quantitative estimate of drug-likeness (QED) is 0.536. The summed E-state index contributed by atoms with van der Waals surface area (Å²) in [6.07, 6.45) is 0. The molecule has 6 nitrogen and oxygen atoms in total. The van der Waals surface area contributed by atoms with Gasteiger partial charge in [0.05, 0.1) is 17.8 Å². The van der Waals surface area contributed by atoms with Crippen molar-refractivity contribution < 1.29 is 0 Å². The molecule has 0 N–H and O–H groups in total. The van der Waals surface area contributed by atoms with Crippen LogP contribution >= 0.6 is 24.6 Å². The number of hydrogen-bond donors (Lipinski definition) is 0. The molecule has 0 atom stereocenters. The van der Waals surface area contributed by atoms with Crippen molar-refractivity contribution in [2.24, 2.45) is 0 Å². The number of benzene rings is 1. The zero-order valence-corrected chi connectivity index (χ0v) is 14.1. The maximum absolute atomic E-state index is 4.56. The molecule has 3 heterocycles. The Balaban J connectivity index is 2.10. The summed E-state index contributed by atoms with van der Waals surface area (Å²) < 4.78 is 5.96. The first-order valence-electron chi connectivity index (χ1n) is 6.67. The zero-order valence-electron chi connectivity index (χ0n) is 11.5. The van der Waals surface area contributed by atoms with Crippen LogP contribution in [0.4, 0.5) is 0 Å². The monoisotopic (exact) mass is 343 g/mol. The van der Waals surface area contributed by atoms with E-state index in [4.69, 9.17) is 0 Å². The average Bonchev–Trinajstić information content (AvgIpc) is 3.34. The van der Waals surface area contributed by atoms with Crippen molar-refractivity contribution in [3.63, 3.8) is 0 Å². The molecular formula is C12H11BN6P3-. The Morgan fingerprint density at radius 1 is 0.682 bits per heavy atom. The summed E-state index contributed by atoms with van der Waals surface area (Å²) in [6, 6.07) is 10.3. The smallest absolute Gasteiger partial charge is 0.369 e. The van der Waals surface area contributed by atoms with Crippen LogP contribution in [0.15, 0.2) is 65.9 Å². The van der Waals surface area contributed by atoms with Gasteiger partial charge in [-0.05, 0) is 24.6 Å². The molecule has 0 radical (unpaired) electrons. The molecule has 4 rings (SSSR count). The van der Waals surface area contributed by atoms with Gasteiger partial charge in [-0.15, -0.1) is 5.46 Å². The molecule has 108 valence electrons. The molecule has 0 aliphatic rings. The van der Waals surface area contributed by atoms with Gasteiger partial charge in [0.1, 0.15) is 0 Å². The standard InChI is InChI=1S/C12H11BN6P3/c1-2-4-12(5-3-1)13(17-9-20-6-14-17,18-10-21-7-15-18)19-11-22-8-16-19/h1-11H/q-1. The summed E-state index contributed by atoms with van der Waals surface area (Å²) in [5.74, 6) is 11.8. The Labute approximate surface area is 132 Å². The van der Waals surface area contributed by atoms with Crippen molar-refractivity contribution in [1.29, 1.82) is 0 Å². The van der Waals surface area contributed by atoms with Crippen molar-refractivity contribution in [3.05, 3.63) is 65.9 Å². The minimum atomic E-state index is -1.61. The van der Waals surface area contributed by atoms with E-state index in [1.807, 2.05) is 49.8 Å². The molecule has 0 aliphatic heterocycles. The van der Waals surface area contributed by atoms with Gasteiger partial charge < -0.3 is 13.8 Å². The molecule has 0 amide bonds. The van der Waals surface area contributed by atoms with Crippen molar-refractivity contribution in [2.75, 3.05) is 0 Å². The maximum atomic E-state index is 4.56. The van der Waals surface area contributed by atoms with Gasteiger partial charge in [-0.1, -0.05) is 30.3 Å². The lowest BCUT2D eigenvalue weighted by Gasteiger charge is -2.41. The number of rotatable bonds is 4. The predicted molar refractivity (Wildman–Crippen MR) is 92.2 cm³/mol. The van der Waals surface area contributed by atoms with E-state index in [9.17, 15) is 0 Å². The van der Waals surface area contributed by atoms with Gasteiger partial charge in [0.2, 0.25) is 0 Å². The highest BCUT2D eigenvalue weighted by Crippen LogP contribution is 2.18. The molecule has 3 aromatic heterocycles. The topological polar surface area (TPSA) is 53.5 Å². The summed E-state index contributed by atoms with van der Waals surface area (Å²) in [6.45, 7) is -1.61. The van der Waals surface area contributed by atoms with Crippen molar-refractivity contribution in [1.82, 2.24) is 29.1 Å². The van der Waals surface area contributed by atoms with Gasteiger partial charge in [0.15, 0.2) is 0 Å². The maximum Gasteiger partial charge on any atom is 0.369 e. The van der Waals surface area contributed by atoms with Gasteiger partial charge in [0, 0.05) is 17.8 Å². The average molecular weight is 343 g/mol. The van der Waals surface area contributed by atoms with Crippen LogP contribution < -0.4 is 5.46 Å². The second kappa shape index (κ2) is 5.77. The van der Waals surface area contributed by atoms with Gasteiger partial charge in [-0.2, -0.15) is 0 Å². The Kier molecular flexibility index (Phi) is 3.63. The second-order valence-electron chi connectivity index (χ2n) is 4.77. The normalized spacial score (nSPS) is 14.9. The van der Waals surface area contributed by atoms with E-state index in [1.54, 1.807) is 0 Å². The first-order chi connectivity index (χ1) is 10.9. The van der Waals surface area contributed by atoms with Gasteiger partial charge in [0.25, 0.3) is 0 Å². The SMILES string of the molecule is c1ccc([B-](n2cpcn2)(n2cpcn2)n2cpcn2)cc1. The lowest BCUT2D eigenvalue weighted by atomic mass is 9.53. The second-order valence-corrected chi connectivity index (χ2v) is 7.05. The fourth-order valence-corrected chi connectivity index (χ4v) is 4.60. The molecule has 4 aromatic rings. The summed E-state index contributed by atoms with van der Waals surface area (Å²) in [5.41, 5.74) is 1.11. The van der Waals surface area contributed by atoms with E-state index in [2.05, 4.69) is 45.2 Å². The van der Waals surface area contributed by atoms with Crippen LogP contribution in [0.5, 0.6) is 0 Å². The van der Waals surface area contributed by atoms with Gasteiger partial charge in [-0.25, -0.2) is 15.3 Å². The van der Waals surface area contributed by atoms with E-state index in [0.717, 1.165) is 30.0 Å². The molecular weight excluding hydrogens is 332 g/mol. The minimum Gasteiger partial charge on any atom is -0.392 e. The van der Waals surface area contributed by atoms with E-state index >= 15 is 0 Å². The number of aromatic nitrogens is 6. The Morgan fingerprint density at radius 2 is 1.14 bits per heavy atom. The van der Waals surface area contributed by atoms with Crippen LogP contribution in [-0.4, -0.2) is 35.6 Å². The van der Waals surface area contributed by atoms with E-state index < -0.39 is 6.55 Å². The highest BCUT2D eigenvalue weighted by molar-refractivity contribution is 7.29. The van der Waals surface area contributed by atoms with Crippen molar-refractivity contribution >= 4 is 36.6 Å². The van der Waals surface area contributed by atoms with Gasteiger partial charge in [-0.3, -0.25) is 0 Å². The Hall–Kier alpha value is -1.80. The Bertz CT molecular complexity index is 748. The molecule has 0 saturated carbocycles. The Morgan fingerprint density at radius 3 is 1.50 bits per heavy atom. The number of hydrogen-bond acceptors (Lipinski definition) is 3. The van der Waals surface area contributed by atoms with E-state index in [-0.39, 0.29) is 0 Å². The summed E-state index contributed by atoms with van der Waals surface area (Å²) in [4.78, 5) is 0.